The topological polar surface area (TPSA) is 117 Å². The number of halogens is 1. The van der Waals surface area contributed by atoms with Gasteiger partial charge in [-0.1, -0.05) is 67.9 Å². The van der Waals surface area contributed by atoms with Crippen molar-refractivity contribution >= 4 is 35.5 Å². The molecule has 0 bridgehead atoms. The summed E-state index contributed by atoms with van der Waals surface area (Å²) in [5, 5.41) is 9.07. The Morgan fingerprint density at radius 2 is 1.62 bits per heavy atom. The van der Waals surface area contributed by atoms with Gasteiger partial charge in [0, 0.05) is 16.8 Å². The molecule has 11 heteroatoms. The Morgan fingerprint density at radius 3 is 2.21 bits per heavy atom. The second-order valence-corrected chi connectivity index (χ2v) is 12.2. The number of carbonyl (C=O) groups excluding carboxylic acids is 4. The summed E-state index contributed by atoms with van der Waals surface area (Å²) < 4.78 is 10.7. The van der Waals surface area contributed by atoms with Gasteiger partial charge in [-0.15, -0.1) is 0 Å². The number of carbonyl (C=O) groups is 4. The largest absolute Gasteiger partial charge is 0.445 e. The summed E-state index contributed by atoms with van der Waals surface area (Å²) in [4.78, 5) is 52.7. The van der Waals surface area contributed by atoms with E-state index < -0.39 is 47.9 Å². The van der Waals surface area contributed by atoms with Crippen LogP contribution in [-0.2, 0) is 25.7 Å². The summed E-state index contributed by atoms with van der Waals surface area (Å²) in [7, 11) is 0. The van der Waals surface area contributed by atoms with Crippen molar-refractivity contribution in [3.05, 3.63) is 82.5 Å². The van der Waals surface area contributed by atoms with E-state index in [1.165, 1.54) is 11.2 Å². The number of nitrogens with zero attached hydrogens (tertiary/aromatic N) is 2. The molecular weight excluding hydrogens is 560 g/mol. The Kier molecular flexibility index (Phi) is 9.27. The van der Waals surface area contributed by atoms with Crippen LogP contribution in [0, 0.1) is 5.92 Å². The minimum absolute atomic E-state index is 0.0574. The van der Waals surface area contributed by atoms with Crippen LogP contribution in [-0.4, -0.2) is 57.6 Å². The summed E-state index contributed by atoms with van der Waals surface area (Å²) in [6.45, 7) is 10.7. The van der Waals surface area contributed by atoms with Crippen molar-refractivity contribution in [2.24, 2.45) is 5.92 Å². The number of fused-ring (bicyclic) bond motifs is 1. The molecule has 2 aliphatic heterocycles. The number of Topliss-reactive ketones (excluding diaryl/α,β-unsaturated/α-hetero) is 1. The fraction of sp³-hybridized carbons (Fsp3) is 0.419. The lowest BCUT2D eigenvalue weighted by Crippen LogP contribution is -2.51. The first-order valence-corrected chi connectivity index (χ1v) is 14.2. The molecule has 10 nitrogen and oxygen atoms in total. The number of alkyl carbamates (subject to hydrolysis) is 2. The third-order valence-electron chi connectivity index (χ3n) is 6.97. The molecule has 4 atom stereocenters. The predicted molar refractivity (Wildman–Crippen MR) is 157 cm³/mol. The maximum Gasteiger partial charge on any atom is 0.408 e. The van der Waals surface area contributed by atoms with Crippen LogP contribution in [0.1, 0.15) is 58.7 Å². The fourth-order valence-corrected chi connectivity index (χ4v) is 5.30. The molecule has 224 valence electrons. The van der Waals surface area contributed by atoms with Crippen molar-refractivity contribution < 1.29 is 28.7 Å². The molecule has 1 fully saturated rings. The Hall–Kier alpha value is -3.89. The van der Waals surface area contributed by atoms with Crippen LogP contribution in [0.4, 0.5) is 9.59 Å². The number of hydrogen-bond acceptors (Lipinski definition) is 7. The van der Waals surface area contributed by atoms with E-state index in [4.69, 9.17) is 21.1 Å². The molecule has 0 spiro atoms. The lowest BCUT2D eigenvalue weighted by molar-refractivity contribution is -0.134. The van der Waals surface area contributed by atoms with Gasteiger partial charge in [0.15, 0.2) is 5.78 Å². The Bertz CT molecular complexity index is 1360. The quantitative estimate of drug-likeness (QED) is 0.433. The third kappa shape index (κ3) is 6.94. The van der Waals surface area contributed by atoms with Crippen LogP contribution in [0.2, 0.25) is 5.02 Å². The summed E-state index contributed by atoms with van der Waals surface area (Å²) in [5.41, 5.74) is 1.11. The SMILES string of the molecule is CC(C)[C@H]1[C@H](NC(=O)OCc2ccccc2)C(=O)N2C=C(C(=O)[C@H](C)NC(=O)OC(C)(C)C)[C@@H](c3ccc(Cl)cc3)N12. The lowest BCUT2D eigenvalue weighted by atomic mass is 9.89. The molecule has 2 aliphatic rings. The zero-order chi connectivity index (χ0) is 30.8. The molecule has 0 unspecified atom stereocenters. The van der Waals surface area contributed by atoms with Gasteiger partial charge in [-0.05, 0) is 56.9 Å². The number of rotatable bonds is 8. The number of nitrogens with one attached hydrogen (secondary N) is 2. The second-order valence-electron chi connectivity index (χ2n) is 11.8. The standard InChI is InChI=1S/C31H37ClN4O6/c1-18(2)25-24(34-29(39)41-17-20-10-8-7-9-11-20)28(38)35-16-23(26(36(25)35)21-12-14-22(32)15-13-21)27(37)19(3)33-30(40)42-31(4,5)6/h7-16,18-19,24-26H,17H2,1-6H3,(H,33,40)(H,34,39)/t19-,24-,25-,26+/m0/s1. The van der Waals surface area contributed by atoms with Crippen LogP contribution in [0.3, 0.4) is 0 Å². The molecule has 1 saturated heterocycles. The first kappa shape index (κ1) is 31.1. The van der Waals surface area contributed by atoms with E-state index in [1.807, 2.05) is 49.2 Å². The highest BCUT2D eigenvalue weighted by Crippen LogP contribution is 2.44. The minimum atomic E-state index is -0.934. The molecule has 2 aromatic rings. The van der Waals surface area contributed by atoms with Gasteiger partial charge in [-0.3, -0.25) is 9.59 Å². The molecule has 0 aliphatic carbocycles. The van der Waals surface area contributed by atoms with E-state index in [9.17, 15) is 19.2 Å². The van der Waals surface area contributed by atoms with E-state index in [0.29, 0.717) is 10.6 Å². The Morgan fingerprint density at radius 1 is 0.976 bits per heavy atom. The molecular formula is C31H37ClN4O6. The maximum atomic E-state index is 13.8. The van der Waals surface area contributed by atoms with Crippen molar-refractivity contribution in [1.29, 1.82) is 0 Å². The number of amides is 3. The number of hydrogen-bond donors (Lipinski definition) is 2. The average molecular weight is 597 g/mol. The fourth-order valence-electron chi connectivity index (χ4n) is 5.18. The van der Waals surface area contributed by atoms with E-state index in [2.05, 4.69) is 10.6 Å². The highest BCUT2D eigenvalue weighted by Gasteiger charge is 2.56. The van der Waals surface area contributed by atoms with E-state index in [0.717, 1.165) is 11.1 Å². The summed E-state index contributed by atoms with van der Waals surface area (Å²) in [5.74, 6) is -0.898. The molecule has 0 saturated carbocycles. The van der Waals surface area contributed by atoms with Gasteiger partial charge in [-0.2, -0.15) is 5.01 Å². The van der Waals surface area contributed by atoms with Crippen molar-refractivity contribution in [1.82, 2.24) is 20.7 Å². The van der Waals surface area contributed by atoms with Crippen molar-refractivity contribution in [2.45, 2.75) is 77.9 Å². The van der Waals surface area contributed by atoms with Gasteiger partial charge in [-0.25, -0.2) is 14.6 Å². The smallest absolute Gasteiger partial charge is 0.408 e. The minimum Gasteiger partial charge on any atom is -0.445 e. The highest BCUT2D eigenvalue weighted by atomic mass is 35.5. The molecule has 2 N–H and O–H groups in total. The van der Waals surface area contributed by atoms with Crippen LogP contribution >= 0.6 is 11.6 Å². The van der Waals surface area contributed by atoms with Crippen molar-refractivity contribution in [3.8, 4) is 0 Å². The molecule has 0 radical (unpaired) electrons. The molecule has 42 heavy (non-hydrogen) atoms. The normalized spacial score (nSPS) is 21.0. The summed E-state index contributed by atoms with van der Waals surface area (Å²) in [6.07, 6.45) is 0.0489. The zero-order valence-corrected chi connectivity index (χ0v) is 25.3. The number of ether oxygens (including phenoxy) is 2. The summed E-state index contributed by atoms with van der Waals surface area (Å²) >= 11 is 6.16. The van der Waals surface area contributed by atoms with E-state index in [1.54, 1.807) is 52.0 Å². The monoisotopic (exact) mass is 596 g/mol. The zero-order valence-electron chi connectivity index (χ0n) is 24.6. The maximum absolute atomic E-state index is 13.8. The summed E-state index contributed by atoms with van der Waals surface area (Å²) in [6, 6.07) is 13.2. The van der Waals surface area contributed by atoms with Crippen molar-refractivity contribution in [3.63, 3.8) is 0 Å². The van der Waals surface area contributed by atoms with Crippen LogP contribution in [0.5, 0.6) is 0 Å². The number of hydrazine groups is 1. The van der Waals surface area contributed by atoms with Gasteiger partial charge < -0.3 is 20.1 Å². The van der Waals surface area contributed by atoms with Crippen molar-refractivity contribution in [2.75, 3.05) is 0 Å². The number of benzene rings is 2. The third-order valence-corrected chi connectivity index (χ3v) is 7.23. The second kappa shape index (κ2) is 12.5. The van der Waals surface area contributed by atoms with Crippen LogP contribution in [0.15, 0.2) is 66.4 Å². The Balaban J connectivity index is 1.61. The average Bonchev–Trinajstić information content (AvgIpc) is 3.42. The first-order chi connectivity index (χ1) is 19.8. The van der Waals surface area contributed by atoms with Crippen LogP contribution < -0.4 is 10.6 Å². The highest BCUT2D eigenvalue weighted by molar-refractivity contribution is 6.30. The van der Waals surface area contributed by atoms with Gasteiger partial charge in [0.05, 0.1) is 18.1 Å². The number of ketones is 1. The molecule has 3 amide bonds. The molecule has 2 heterocycles. The lowest BCUT2D eigenvalue weighted by Gasteiger charge is -2.35. The molecule has 0 aromatic heterocycles. The van der Waals surface area contributed by atoms with Gasteiger partial charge in [0.2, 0.25) is 0 Å². The van der Waals surface area contributed by atoms with Crippen LogP contribution in [0.25, 0.3) is 0 Å². The molecule has 2 aromatic carbocycles. The predicted octanol–water partition coefficient (Wildman–Crippen LogP) is 5.14. The van der Waals surface area contributed by atoms with Gasteiger partial charge >= 0.3 is 12.2 Å². The van der Waals surface area contributed by atoms with E-state index in [-0.39, 0.29) is 18.3 Å². The first-order valence-electron chi connectivity index (χ1n) is 13.9. The van der Waals surface area contributed by atoms with Gasteiger partial charge in [0.25, 0.3) is 5.91 Å². The molecule has 4 rings (SSSR count). The van der Waals surface area contributed by atoms with E-state index >= 15 is 0 Å². The van der Waals surface area contributed by atoms with Gasteiger partial charge in [0.1, 0.15) is 18.2 Å². The Labute approximate surface area is 250 Å².